The Morgan fingerprint density at radius 3 is 2.71 bits per heavy atom. The van der Waals surface area contributed by atoms with Gasteiger partial charge in [0.1, 0.15) is 0 Å². The zero-order chi connectivity index (χ0) is 4.91. The van der Waals surface area contributed by atoms with E-state index in [-0.39, 0.29) is 0 Å². The molecule has 0 amide bonds. The Morgan fingerprint density at radius 2 is 2.57 bits per heavy atom. The Balaban J connectivity index is 2.54. The van der Waals surface area contributed by atoms with Crippen LogP contribution < -0.4 is 0 Å². The monoisotopic (exact) mass is 96.0 g/mol. The molecule has 7 heavy (non-hydrogen) atoms. The highest BCUT2D eigenvalue weighted by atomic mass is 16.6. The van der Waals surface area contributed by atoms with Crippen molar-refractivity contribution in [2.24, 2.45) is 9.98 Å². The Labute approximate surface area is 40.7 Å². The molecule has 36 valence electrons. The Morgan fingerprint density at radius 1 is 1.86 bits per heavy atom. The van der Waals surface area contributed by atoms with E-state index in [1.807, 2.05) is 6.92 Å². The van der Waals surface area contributed by atoms with Crippen molar-refractivity contribution < 1.29 is 4.74 Å². The maximum atomic E-state index is 4.97. The summed E-state index contributed by atoms with van der Waals surface area (Å²) < 4.78 is 4.97. The summed E-state index contributed by atoms with van der Waals surface area (Å²) in [5.41, 5.74) is 0. The molecule has 0 fully saturated rings. The van der Waals surface area contributed by atoms with Gasteiger partial charge >= 0.3 is 5.85 Å². The highest BCUT2D eigenvalue weighted by molar-refractivity contribution is 6.30. The molecular formula is C4H4N2O. The van der Waals surface area contributed by atoms with Crippen LogP contribution >= 0.6 is 0 Å². The molecule has 1 unspecified atom stereocenters. The first-order chi connectivity index (χ1) is 3.29. The van der Waals surface area contributed by atoms with Gasteiger partial charge in [-0.25, -0.2) is 4.99 Å². The standard InChI is InChI=1S/C4H4N2O/c1-4-5-2-3(6-4)7-4/h2H,1H3. The van der Waals surface area contributed by atoms with Gasteiger partial charge in [-0.15, -0.1) is 0 Å². The predicted molar refractivity (Wildman–Crippen MR) is 25.4 cm³/mol. The summed E-state index contributed by atoms with van der Waals surface area (Å²) in [6.07, 6.45) is 1.64. The molecule has 0 saturated heterocycles. The van der Waals surface area contributed by atoms with Crippen LogP contribution in [0.4, 0.5) is 0 Å². The highest BCUT2D eigenvalue weighted by Gasteiger charge is 2.39. The molecule has 0 spiro atoms. The van der Waals surface area contributed by atoms with Crippen molar-refractivity contribution in [3.8, 4) is 0 Å². The minimum atomic E-state index is -0.505. The Bertz CT molecular complexity index is 173. The number of hydrogen-bond acceptors (Lipinski definition) is 3. The first kappa shape index (κ1) is 3.18. The van der Waals surface area contributed by atoms with Gasteiger partial charge in [0.15, 0.2) is 0 Å². The fraction of sp³-hybridized carbons (Fsp3) is 0.500. The zero-order valence-corrected chi connectivity index (χ0v) is 3.88. The lowest BCUT2D eigenvalue weighted by Crippen LogP contribution is -2.30. The van der Waals surface area contributed by atoms with Gasteiger partial charge in [-0.1, -0.05) is 0 Å². The molecule has 3 nitrogen and oxygen atoms in total. The van der Waals surface area contributed by atoms with Crippen LogP contribution in [0.5, 0.6) is 0 Å². The lowest BCUT2D eigenvalue weighted by atomic mass is 10.5. The second kappa shape index (κ2) is 0.598. The summed E-state index contributed by atoms with van der Waals surface area (Å²) >= 11 is 0. The van der Waals surface area contributed by atoms with Gasteiger partial charge in [0, 0.05) is 6.92 Å². The van der Waals surface area contributed by atoms with Crippen LogP contribution in [0.25, 0.3) is 0 Å². The highest BCUT2D eigenvalue weighted by Crippen LogP contribution is 2.28. The van der Waals surface area contributed by atoms with Crippen molar-refractivity contribution >= 4 is 12.1 Å². The number of hydrogen-bond donors (Lipinski definition) is 0. The summed E-state index contributed by atoms with van der Waals surface area (Å²) in [6.45, 7) is 1.82. The topological polar surface area (TPSA) is 34.0 Å². The minimum Gasteiger partial charge on any atom is -0.428 e. The number of aliphatic imine (C=N–C) groups is 2. The van der Waals surface area contributed by atoms with Crippen LogP contribution in [-0.4, -0.2) is 18.0 Å². The van der Waals surface area contributed by atoms with Crippen LogP contribution in [0.15, 0.2) is 9.98 Å². The molecule has 3 heterocycles. The average Bonchev–Trinajstić information content (AvgIpc) is 1.88. The molecule has 0 N–H and O–H groups in total. The summed E-state index contributed by atoms with van der Waals surface area (Å²) in [6, 6.07) is 0. The van der Waals surface area contributed by atoms with Gasteiger partial charge in [0.05, 0.1) is 6.21 Å². The fourth-order valence-corrected chi connectivity index (χ4v) is 0.695. The number of nitrogens with zero attached hydrogens (tertiary/aromatic N) is 2. The predicted octanol–water partition coefficient (Wildman–Crippen LogP) is 0.173. The normalized spacial score (nSPS) is 42.1. The van der Waals surface area contributed by atoms with Crippen LogP contribution in [-0.2, 0) is 4.74 Å². The molecule has 3 rings (SSSR count). The molecule has 0 saturated carbocycles. The van der Waals surface area contributed by atoms with Crippen molar-refractivity contribution in [2.75, 3.05) is 0 Å². The average molecular weight is 96.1 g/mol. The lowest BCUT2D eigenvalue weighted by molar-refractivity contribution is 0.0641. The van der Waals surface area contributed by atoms with E-state index in [1.54, 1.807) is 6.21 Å². The van der Waals surface area contributed by atoms with E-state index >= 15 is 0 Å². The van der Waals surface area contributed by atoms with Crippen molar-refractivity contribution in [1.29, 1.82) is 0 Å². The van der Waals surface area contributed by atoms with Crippen molar-refractivity contribution in [3.05, 3.63) is 0 Å². The quantitative estimate of drug-likeness (QED) is 0.423. The molecule has 0 aliphatic carbocycles. The zero-order valence-electron chi connectivity index (χ0n) is 3.88. The second-order valence-corrected chi connectivity index (χ2v) is 1.74. The third kappa shape index (κ3) is 0.221. The Hall–Kier alpha value is -0.860. The van der Waals surface area contributed by atoms with E-state index in [2.05, 4.69) is 9.98 Å². The van der Waals surface area contributed by atoms with Crippen molar-refractivity contribution in [2.45, 2.75) is 12.8 Å². The molecule has 3 aliphatic heterocycles. The molecule has 3 aliphatic rings. The van der Waals surface area contributed by atoms with Crippen LogP contribution in [0.3, 0.4) is 0 Å². The Kier molecular flexibility index (Phi) is 0.272. The molecule has 1 atom stereocenters. The largest absolute Gasteiger partial charge is 0.428 e. The van der Waals surface area contributed by atoms with Gasteiger partial charge in [0.25, 0.3) is 0 Å². The van der Waals surface area contributed by atoms with Crippen molar-refractivity contribution in [1.82, 2.24) is 0 Å². The van der Waals surface area contributed by atoms with E-state index in [9.17, 15) is 0 Å². The minimum absolute atomic E-state index is 0.505. The van der Waals surface area contributed by atoms with Gasteiger partial charge in [0.2, 0.25) is 5.90 Å². The molecule has 3 heteroatoms. The third-order valence-electron chi connectivity index (χ3n) is 1.03. The summed E-state index contributed by atoms with van der Waals surface area (Å²) in [7, 11) is 0. The second-order valence-electron chi connectivity index (χ2n) is 1.74. The van der Waals surface area contributed by atoms with Crippen LogP contribution in [0.1, 0.15) is 6.92 Å². The SMILES string of the molecule is CC12N=CC(=N1)O2. The molecule has 0 aromatic carbocycles. The maximum Gasteiger partial charge on any atom is 0.300 e. The lowest BCUT2D eigenvalue weighted by Gasteiger charge is -2.22. The molecule has 2 bridgehead atoms. The fourth-order valence-electron chi connectivity index (χ4n) is 0.695. The van der Waals surface area contributed by atoms with Crippen molar-refractivity contribution in [3.63, 3.8) is 0 Å². The van der Waals surface area contributed by atoms with E-state index in [1.165, 1.54) is 0 Å². The van der Waals surface area contributed by atoms with E-state index in [0.29, 0.717) is 5.90 Å². The summed E-state index contributed by atoms with van der Waals surface area (Å²) in [5, 5.41) is 0. The number of ether oxygens (including phenoxy) is 1. The first-order valence-electron chi connectivity index (χ1n) is 2.13. The van der Waals surface area contributed by atoms with Crippen LogP contribution in [0, 0.1) is 0 Å². The molecule has 0 radical (unpaired) electrons. The molecular weight excluding hydrogens is 92.1 g/mol. The van der Waals surface area contributed by atoms with Crippen LogP contribution in [0.2, 0.25) is 0 Å². The summed E-state index contributed by atoms with van der Waals surface area (Å²) in [5.74, 6) is 0.164. The first-order valence-corrected chi connectivity index (χ1v) is 2.13. The molecule has 0 aromatic heterocycles. The van der Waals surface area contributed by atoms with E-state index in [4.69, 9.17) is 4.74 Å². The number of rotatable bonds is 0. The van der Waals surface area contributed by atoms with Gasteiger partial charge in [-0.05, 0) is 0 Å². The maximum absolute atomic E-state index is 4.97. The van der Waals surface area contributed by atoms with E-state index in [0.717, 1.165) is 0 Å². The van der Waals surface area contributed by atoms with E-state index < -0.39 is 5.85 Å². The van der Waals surface area contributed by atoms with Gasteiger partial charge < -0.3 is 4.74 Å². The summed E-state index contributed by atoms with van der Waals surface area (Å²) in [4.78, 5) is 7.83. The molecule has 0 aromatic rings. The smallest absolute Gasteiger partial charge is 0.300 e. The third-order valence-corrected chi connectivity index (χ3v) is 1.03. The van der Waals surface area contributed by atoms with Gasteiger partial charge in [-0.2, -0.15) is 4.99 Å². The van der Waals surface area contributed by atoms with Gasteiger partial charge in [-0.3, -0.25) is 0 Å².